The van der Waals surface area contributed by atoms with E-state index >= 15 is 0 Å². The van der Waals surface area contributed by atoms with Crippen molar-refractivity contribution in [1.29, 1.82) is 0 Å². The van der Waals surface area contributed by atoms with Crippen molar-refractivity contribution in [2.75, 3.05) is 6.61 Å². The summed E-state index contributed by atoms with van der Waals surface area (Å²) in [6, 6.07) is 6.51. The van der Waals surface area contributed by atoms with E-state index in [4.69, 9.17) is 16.3 Å². The van der Waals surface area contributed by atoms with Gasteiger partial charge in [-0.05, 0) is 31.5 Å². The van der Waals surface area contributed by atoms with Crippen molar-refractivity contribution < 1.29 is 14.6 Å². The Morgan fingerprint density at radius 3 is 2.80 bits per heavy atom. The maximum atomic E-state index is 11.5. The second kappa shape index (κ2) is 4.64. The first kappa shape index (κ1) is 12.0. The van der Waals surface area contributed by atoms with Crippen LogP contribution in [0.25, 0.3) is 0 Å². The molecule has 0 aliphatic rings. The van der Waals surface area contributed by atoms with Crippen LogP contribution in [0.2, 0.25) is 5.02 Å². The van der Waals surface area contributed by atoms with Gasteiger partial charge in [-0.2, -0.15) is 0 Å². The molecule has 0 aliphatic carbocycles. The molecule has 1 unspecified atom stereocenters. The van der Waals surface area contributed by atoms with Gasteiger partial charge in [0.1, 0.15) is 0 Å². The fourth-order valence-electron chi connectivity index (χ4n) is 1.18. The highest BCUT2D eigenvalue weighted by Crippen LogP contribution is 2.24. The van der Waals surface area contributed by atoms with Gasteiger partial charge in [0.25, 0.3) is 0 Å². The lowest BCUT2D eigenvalue weighted by Crippen LogP contribution is -2.34. The summed E-state index contributed by atoms with van der Waals surface area (Å²) in [5, 5.41) is 10.4. The fourth-order valence-corrected chi connectivity index (χ4v) is 1.37. The summed E-state index contributed by atoms with van der Waals surface area (Å²) in [7, 11) is 0. The smallest absolute Gasteiger partial charge is 0.342 e. The fraction of sp³-hybridized carbons (Fsp3) is 0.364. The van der Waals surface area contributed by atoms with E-state index in [1.807, 2.05) is 0 Å². The number of halogens is 1. The van der Waals surface area contributed by atoms with E-state index in [2.05, 4.69) is 0 Å². The van der Waals surface area contributed by atoms with Crippen LogP contribution in [0.15, 0.2) is 24.3 Å². The Labute approximate surface area is 93.6 Å². The van der Waals surface area contributed by atoms with Crippen LogP contribution in [0.3, 0.4) is 0 Å². The summed E-state index contributed by atoms with van der Waals surface area (Å²) in [6.07, 6.45) is 0. The third-order valence-corrected chi connectivity index (χ3v) is 2.29. The lowest BCUT2D eigenvalue weighted by Gasteiger charge is -2.21. The number of carbonyl (C=O) groups excluding carboxylic acids is 1. The largest absolute Gasteiger partial charge is 0.464 e. The van der Waals surface area contributed by atoms with Crippen LogP contribution in [-0.4, -0.2) is 17.7 Å². The molecule has 0 spiro atoms. The lowest BCUT2D eigenvalue weighted by molar-refractivity contribution is -0.164. The molecular formula is C11H13ClO3. The van der Waals surface area contributed by atoms with E-state index in [0.29, 0.717) is 10.6 Å². The molecule has 1 rings (SSSR count). The van der Waals surface area contributed by atoms with E-state index in [1.54, 1.807) is 31.2 Å². The lowest BCUT2D eigenvalue weighted by atomic mass is 9.96. The van der Waals surface area contributed by atoms with Gasteiger partial charge in [-0.1, -0.05) is 23.7 Å². The summed E-state index contributed by atoms with van der Waals surface area (Å²) in [5.74, 6) is -0.674. The quantitative estimate of drug-likeness (QED) is 0.806. The van der Waals surface area contributed by atoms with Crippen molar-refractivity contribution in [3.8, 4) is 0 Å². The standard InChI is InChI=1S/C11H13ClO3/c1-3-15-10(13)11(2,14)8-5-4-6-9(12)7-8/h4-7,14H,3H2,1-2H3. The highest BCUT2D eigenvalue weighted by molar-refractivity contribution is 6.30. The third kappa shape index (κ3) is 2.70. The van der Waals surface area contributed by atoms with Gasteiger partial charge >= 0.3 is 5.97 Å². The predicted molar refractivity (Wildman–Crippen MR) is 57.7 cm³/mol. The van der Waals surface area contributed by atoms with Gasteiger partial charge in [0.15, 0.2) is 5.60 Å². The minimum atomic E-state index is -1.65. The molecule has 0 saturated carbocycles. The van der Waals surface area contributed by atoms with E-state index in [0.717, 1.165) is 0 Å². The molecule has 0 aromatic heterocycles. The average Bonchev–Trinajstić information content (AvgIpc) is 2.18. The summed E-state index contributed by atoms with van der Waals surface area (Å²) in [5.41, 5.74) is -1.23. The number of rotatable bonds is 3. The molecule has 3 nitrogen and oxygen atoms in total. The second-order valence-corrected chi connectivity index (χ2v) is 3.74. The number of hydrogen-bond donors (Lipinski definition) is 1. The van der Waals surface area contributed by atoms with Crippen molar-refractivity contribution in [3.63, 3.8) is 0 Å². The van der Waals surface area contributed by atoms with Crippen LogP contribution in [0.1, 0.15) is 19.4 Å². The molecule has 0 heterocycles. The number of carbonyl (C=O) groups is 1. The van der Waals surface area contributed by atoms with Gasteiger partial charge in [0.05, 0.1) is 6.61 Å². The SMILES string of the molecule is CCOC(=O)C(C)(O)c1cccc(Cl)c1. The summed E-state index contributed by atoms with van der Waals surface area (Å²) in [4.78, 5) is 11.5. The van der Waals surface area contributed by atoms with Crippen molar-refractivity contribution in [2.45, 2.75) is 19.4 Å². The maximum absolute atomic E-state index is 11.5. The Hall–Kier alpha value is -1.06. The zero-order valence-corrected chi connectivity index (χ0v) is 9.41. The van der Waals surface area contributed by atoms with Crippen LogP contribution in [0, 0.1) is 0 Å². The van der Waals surface area contributed by atoms with E-state index in [1.165, 1.54) is 6.92 Å². The molecule has 0 saturated heterocycles. The van der Waals surface area contributed by atoms with Crippen molar-refractivity contribution >= 4 is 17.6 Å². The van der Waals surface area contributed by atoms with Crippen LogP contribution >= 0.6 is 11.6 Å². The van der Waals surface area contributed by atoms with Gasteiger partial charge in [0, 0.05) is 5.02 Å². The Morgan fingerprint density at radius 2 is 2.27 bits per heavy atom. The Bertz CT molecular complexity index is 361. The predicted octanol–water partition coefficient (Wildman–Crippen LogP) is 2.11. The molecular weight excluding hydrogens is 216 g/mol. The van der Waals surface area contributed by atoms with Gasteiger partial charge < -0.3 is 9.84 Å². The summed E-state index contributed by atoms with van der Waals surface area (Å²) < 4.78 is 4.77. The summed E-state index contributed by atoms with van der Waals surface area (Å²) in [6.45, 7) is 3.30. The van der Waals surface area contributed by atoms with Crippen LogP contribution in [0.4, 0.5) is 0 Å². The summed E-state index contributed by atoms with van der Waals surface area (Å²) >= 11 is 5.77. The number of aliphatic hydroxyl groups is 1. The monoisotopic (exact) mass is 228 g/mol. The molecule has 1 N–H and O–H groups in total. The molecule has 0 amide bonds. The number of esters is 1. The van der Waals surface area contributed by atoms with E-state index in [9.17, 15) is 9.90 Å². The average molecular weight is 229 g/mol. The first-order valence-corrected chi connectivity index (χ1v) is 5.02. The zero-order chi connectivity index (χ0) is 11.5. The van der Waals surface area contributed by atoms with Gasteiger partial charge in [0.2, 0.25) is 0 Å². The molecule has 1 aromatic carbocycles. The molecule has 0 radical (unpaired) electrons. The van der Waals surface area contributed by atoms with E-state index < -0.39 is 11.6 Å². The van der Waals surface area contributed by atoms with Crippen molar-refractivity contribution in [2.24, 2.45) is 0 Å². The first-order valence-electron chi connectivity index (χ1n) is 4.64. The Balaban J connectivity index is 2.99. The van der Waals surface area contributed by atoms with Gasteiger partial charge in [-0.3, -0.25) is 0 Å². The van der Waals surface area contributed by atoms with E-state index in [-0.39, 0.29) is 6.61 Å². The second-order valence-electron chi connectivity index (χ2n) is 3.30. The van der Waals surface area contributed by atoms with Crippen LogP contribution in [-0.2, 0) is 15.1 Å². The normalized spacial score (nSPS) is 14.4. The van der Waals surface area contributed by atoms with Crippen LogP contribution < -0.4 is 0 Å². The van der Waals surface area contributed by atoms with Crippen molar-refractivity contribution in [1.82, 2.24) is 0 Å². The Morgan fingerprint density at radius 1 is 1.60 bits per heavy atom. The molecule has 4 heteroatoms. The molecule has 0 fully saturated rings. The highest BCUT2D eigenvalue weighted by atomic mass is 35.5. The minimum absolute atomic E-state index is 0.232. The Kier molecular flexibility index (Phi) is 3.72. The number of ether oxygens (including phenoxy) is 1. The van der Waals surface area contributed by atoms with Crippen molar-refractivity contribution in [3.05, 3.63) is 34.9 Å². The number of benzene rings is 1. The van der Waals surface area contributed by atoms with Crippen LogP contribution in [0.5, 0.6) is 0 Å². The molecule has 1 aromatic rings. The molecule has 1 atom stereocenters. The van der Waals surface area contributed by atoms with Gasteiger partial charge in [-0.15, -0.1) is 0 Å². The topological polar surface area (TPSA) is 46.5 Å². The van der Waals surface area contributed by atoms with Gasteiger partial charge in [-0.25, -0.2) is 4.79 Å². The highest BCUT2D eigenvalue weighted by Gasteiger charge is 2.34. The molecule has 0 aliphatic heterocycles. The number of hydrogen-bond acceptors (Lipinski definition) is 3. The molecule has 82 valence electrons. The third-order valence-electron chi connectivity index (χ3n) is 2.06. The minimum Gasteiger partial charge on any atom is -0.464 e. The first-order chi connectivity index (χ1) is 6.98. The molecule has 15 heavy (non-hydrogen) atoms. The maximum Gasteiger partial charge on any atom is 0.342 e. The zero-order valence-electron chi connectivity index (χ0n) is 8.66. The molecule has 0 bridgehead atoms.